The summed E-state index contributed by atoms with van der Waals surface area (Å²) >= 11 is 9.42. The first-order valence-electron chi connectivity index (χ1n) is 6.50. The minimum absolute atomic E-state index is 0.737. The second-order valence-corrected chi connectivity index (χ2v) is 6.26. The number of halogens is 2. The summed E-state index contributed by atoms with van der Waals surface area (Å²) in [6.07, 6.45) is 2.70. The Morgan fingerprint density at radius 3 is 2.74 bits per heavy atom. The van der Waals surface area contributed by atoms with Gasteiger partial charge in [-0.2, -0.15) is 0 Å². The standard InChI is InChI=1S/C16H15BrClN/c17-15-9-14(6-7-16(15)18)19-10-11-2-1-3-13(8-11)12-4-5-12/h1-3,6-9,12,19H,4-5,10H2. The molecule has 1 saturated carbocycles. The van der Waals surface area contributed by atoms with Gasteiger partial charge in [0.2, 0.25) is 0 Å². The van der Waals surface area contributed by atoms with Crippen LogP contribution in [0.25, 0.3) is 0 Å². The molecule has 0 amide bonds. The molecular weight excluding hydrogens is 322 g/mol. The fourth-order valence-corrected chi connectivity index (χ4v) is 2.68. The molecule has 0 heterocycles. The number of rotatable bonds is 4. The van der Waals surface area contributed by atoms with Crippen molar-refractivity contribution in [1.82, 2.24) is 0 Å². The molecule has 3 heteroatoms. The largest absolute Gasteiger partial charge is 0.381 e. The van der Waals surface area contributed by atoms with Gasteiger partial charge in [0.1, 0.15) is 0 Å². The maximum absolute atomic E-state index is 5.99. The van der Waals surface area contributed by atoms with Gasteiger partial charge in [-0.05, 0) is 64.0 Å². The Morgan fingerprint density at radius 1 is 1.16 bits per heavy atom. The minimum atomic E-state index is 0.737. The van der Waals surface area contributed by atoms with Gasteiger partial charge in [-0.1, -0.05) is 35.9 Å². The second kappa shape index (κ2) is 5.56. The van der Waals surface area contributed by atoms with Crippen LogP contribution < -0.4 is 5.32 Å². The molecule has 0 aliphatic heterocycles. The molecule has 2 aromatic carbocycles. The van der Waals surface area contributed by atoms with Crippen LogP contribution in [0.1, 0.15) is 29.9 Å². The summed E-state index contributed by atoms with van der Waals surface area (Å²) in [7, 11) is 0. The van der Waals surface area contributed by atoms with E-state index < -0.39 is 0 Å². The van der Waals surface area contributed by atoms with Crippen molar-refractivity contribution < 1.29 is 0 Å². The van der Waals surface area contributed by atoms with Crippen molar-refractivity contribution in [1.29, 1.82) is 0 Å². The molecule has 1 N–H and O–H groups in total. The van der Waals surface area contributed by atoms with Crippen LogP contribution in [0.3, 0.4) is 0 Å². The summed E-state index contributed by atoms with van der Waals surface area (Å²) in [4.78, 5) is 0. The maximum atomic E-state index is 5.99. The van der Waals surface area contributed by atoms with Crippen LogP contribution in [-0.2, 0) is 6.54 Å². The molecular formula is C16H15BrClN. The molecule has 1 aliphatic carbocycles. The first kappa shape index (κ1) is 13.0. The third-order valence-electron chi connectivity index (χ3n) is 3.42. The highest BCUT2D eigenvalue weighted by molar-refractivity contribution is 9.10. The Kier molecular flexibility index (Phi) is 3.81. The Hall–Kier alpha value is -0.990. The van der Waals surface area contributed by atoms with Crippen LogP contribution in [0.4, 0.5) is 5.69 Å². The van der Waals surface area contributed by atoms with Gasteiger partial charge in [0.05, 0.1) is 5.02 Å². The Labute approximate surface area is 127 Å². The lowest BCUT2D eigenvalue weighted by atomic mass is 10.1. The monoisotopic (exact) mass is 335 g/mol. The highest BCUT2D eigenvalue weighted by Crippen LogP contribution is 2.40. The van der Waals surface area contributed by atoms with Crippen molar-refractivity contribution in [2.24, 2.45) is 0 Å². The average molecular weight is 337 g/mol. The normalized spacial score (nSPS) is 14.4. The molecule has 0 saturated heterocycles. The van der Waals surface area contributed by atoms with E-state index in [1.165, 1.54) is 24.0 Å². The lowest BCUT2D eigenvalue weighted by Gasteiger charge is -2.09. The Balaban J connectivity index is 1.68. The highest BCUT2D eigenvalue weighted by Gasteiger charge is 2.23. The van der Waals surface area contributed by atoms with Crippen molar-refractivity contribution in [3.05, 3.63) is 63.1 Å². The molecule has 0 unspecified atom stereocenters. The van der Waals surface area contributed by atoms with E-state index in [1.807, 2.05) is 18.2 Å². The molecule has 1 aliphatic rings. The number of benzene rings is 2. The third kappa shape index (κ3) is 3.31. The highest BCUT2D eigenvalue weighted by atomic mass is 79.9. The van der Waals surface area contributed by atoms with Crippen LogP contribution in [0.5, 0.6) is 0 Å². The van der Waals surface area contributed by atoms with Crippen LogP contribution in [0.2, 0.25) is 5.02 Å². The van der Waals surface area contributed by atoms with Crippen molar-refractivity contribution >= 4 is 33.2 Å². The van der Waals surface area contributed by atoms with Crippen LogP contribution in [0.15, 0.2) is 46.9 Å². The Bertz CT molecular complexity index is 593. The van der Waals surface area contributed by atoms with E-state index in [0.29, 0.717) is 0 Å². The maximum Gasteiger partial charge on any atom is 0.0549 e. The van der Waals surface area contributed by atoms with Gasteiger partial charge in [0.25, 0.3) is 0 Å². The molecule has 0 bridgehead atoms. The van der Waals surface area contributed by atoms with Gasteiger partial charge in [-0.25, -0.2) is 0 Å². The summed E-state index contributed by atoms with van der Waals surface area (Å²) < 4.78 is 0.922. The summed E-state index contributed by atoms with van der Waals surface area (Å²) in [6.45, 7) is 0.842. The molecule has 1 fully saturated rings. The van der Waals surface area contributed by atoms with E-state index in [-0.39, 0.29) is 0 Å². The molecule has 1 nitrogen and oxygen atoms in total. The van der Waals surface area contributed by atoms with Gasteiger partial charge in [0, 0.05) is 16.7 Å². The molecule has 98 valence electrons. The summed E-state index contributed by atoms with van der Waals surface area (Å²) in [5.41, 5.74) is 3.89. The molecule has 0 spiro atoms. The van der Waals surface area contributed by atoms with E-state index in [4.69, 9.17) is 11.6 Å². The zero-order chi connectivity index (χ0) is 13.2. The van der Waals surface area contributed by atoms with Crippen LogP contribution >= 0.6 is 27.5 Å². The Morgan fingerprint density at radius 2 is 2.00 bits per heavy atom. The van der Waals surface area contributed by atoms with Crippen molar-refractivity contribution in [2.45, 2.75) is 25.3 Å². The number of anilines is 1. The quantitative estimate of drug-likeness (QED) is 0.767. The zero-order valence-electron chi connectivity index (χ0n) is 10.5. The predicted octanol–water partition coefficient (Wildman–Crippen LogP) is 5.59. The molecule has 19 heavy (non-hydrogen) atoms. The van der Waals surface area contributed by atoms with Crippen LogP contribution in [0, 0.1) is 0 Å². The number of nitrogens with one attached hydrogen (secondary N) is 1. The first-order chi connectivity index (χ1) is 9.22. The van der Waals surface area contributed by atoms with Gasteiger partial charge >= 0.3 is 0 Å². The van der Waals surface area contributed by atoms with E-state index in [9.17, 15) is 0 Å². The van der Waals surface area contributed by atoms with Crippen molar-refractivity contribution in [3.63, 3.8) is 0 Å². The molecule has 0 aromatic heterocycles. The fraction of sp³-hybridized carbons (Fsp3) is 0.250. The van der Waals surface area contributed by atoms with E-state index in [0.717, 1.165) is 27.6 Å². The average Bonchev–Trinajstić information content (AvgIpc) is 3.25. The van der Waals surface area contributed by atoms with Gasteiger partial charge in [-0.15, -0.1) is 0 Å². The molecule has 3 rings (SSSR count). The number of hydrogen-bond acceptors (Lipinski definition) is 1. The SMILES string of the molecule is Clc1ccc(NCc2cccc(C3CC3)c2)cc1Br. The number of hydrogen-bond donors (Lipinski definition) is 1. The lowest BCUT2D eigenvalue weighted by Crippen LogP contribution is -1.99. The topological polar surface area (TPSA) is 12.0 Å². The summed E-state index contributed by atoms with van der Waals surface area (Å²) in [5, 5.41) is 4.16. The minimum Gasteiger partial charge on any atom is -0.381 e. The van der Waals surface area contributed by atoms with Gasteiger partial charge < -0.3 is 5.32 Å². The van der Waals surface area contributed by atoms with E-state index >= 15 is 0 Å². The smallest absolute Gasteiger partial charge is 0.0549 e. The molecule has 0 radical (unpaired) electrons. The van der Waals surface area contributed by atoms with Crippen LogP contribution in [-0.4, -0.2) is 0 Å². The predicted molar refractivity (Wildman–Crippen MR) is 84.9 cm³/mol. The van der Waals surface area contributed by atoms with E-state index in [1.54, 1.807) is 0 Å². The summed E-state index contributed by atoms with van der Waals surface area (Å²) in [6, 6.07) is 14.8. The van der Waals surface area contributed by atoms with Crippen molar-refractivity contribution in [2.75, 3.05) is 5.32 Å². The fourth-order valence-electron chi connectivity index (χ4n) is 2.18. The van der Waals surface area contributed by atoms with Gasteiger partial charge in [0.15, 0.2) is 0 Å². The molecule has 2 aromatic rings. The van der Waals surface area contributed by atoms with Gasteiger partial charge in [-0.3, -0.25) is 0 Å². The third-order valence-corrected chi connectivity index (χ3v) is 4.63. The second-order valence-electron chi connectivity index (χ2n) is 5.00. The van der Waals surface area contributed by atoms with Crippen molar-refractivity contribution in [3.8, 4) is 0 Å². The van der Waals surface area contributed by atoms with E-state index in [2.05, 4.69) is 45.5 Å². The first-order valence-corrected chi connectivity index (χ1v) is 7.67. The summed E-state index contributed by atoms with van der Waals surface area (Å²) in [5.74, 6) is 0.810. The molecule has 0 atom stereocenters. The lowest BCUT2D eigenvalue weighted by molar-refractivity contribution is 1.08. The zero-order valence-corrected chi connectivity index (χ0v) is 12.8.